The fourth-order valence-electron chi connectivity index (χ4n) is 3.21. The lowest BCUT2D eigenvalue weighted by molar-refractivity contribution is -0.121. The van der Waals surface area contributed by atoms with E-state index in [4.69, 9.17) is 9.47 Å². The summed E-state index contributed by atoms with van der Waals surface area (Å²) in [7, 11) is 0. The fourth-order valence-corrected chi connectivity index (χ4v) is 3.21. The van der Waals surface area contributed by atoms with E-state index in [9.17, 15) is 9.59 Å². The van der Waals surface area contributed by atoms with E-state index in [0.29, 0.717) is 43.1 Å². The van der Waals surface area contributed by atoms with Crippen molar-refractivity contribution in [2.75, 3.05) is 30.0 Å². The highest BCUT2D eigenvalue weighted by Gasteiger charge is 2.25. The molecule has 3 rings (SSSR count). The van der Waals surface area contributed by atoms with Crippen LogP contribution in [0.2, 0.25) is 0 Å². The van der Waals surface area contributed by atoms with Crippen LogP contribution in [-0.4, -0.2) is 31.6 Å². The van der Waals surface area contributed by atoms with E-state index in [0.717, 1.165) is 18.6 Å². The number of rotatable bonds is 9. The van der Waals surface area contributed by atoms with Crippen LogP contribution in [0, 0.1) is 0 Å². The molecule has 1 heterocycles. The van der Waals surface area contributed by atoms with E-state index in [2.05, 4.69) is 24.4 Å². The van der Waals surface area contributed by atoms with Gasteiger partial charge < -0.3 is 19.7 Å². The number of hydrogen-bond acceptors (Lipinski definition) is 4. The number of nitrogens with one attached hydrogen (secondary N) is 1. The molecule has 0 fully saturated rings. The van der Waals surface area contributed by atoms with Gasteiger partial charge in [-0.25, -0.2) is 0 Å². The summed E-state index contributed by atoms with van der Waals surface area (Å²) < 4.78 is 11.3. The first-order valence-electron chi connectivity index (χ1n) is 10.2. The number of hydrogen-bond donors (Lipinski definition) is 1. The largest absolute Gasteiger partial charge is 0.494 e. The Labute approximate surface area is 171 Å². The minimum Gasteiger partial charge on any atom is -0.494 e. The molecule has 1 aliphatic rings. The van der Waals surface area contributed by atoms with Crippen LogP contribution in [0.5, 0.6) is 11.5 Å². The molecule has 29 heavy (non-hydrogen) atoms. The first-order valence-corrected chi connectivity index (χ1v) is 10.2. The highest BCUT2D eigenvalue weighted by Crippen LogP contribution is 2.34. The monoisotopic (exact) mass is 396 g/mol. The van der Waals surface area contributed by atoms with E-state index in [1.807, 2.05) is 19.1 Å². The number of benzene rings is 2. The Bertz CT molecular complexity index is 848. The fraction of sp³-hybridized carbons (Fsp3) is 0.391. The summed E-state index contributed by atoms with van der Waals surface area (Å²) in [5.41, 5.74) is 2.62. The first-order chi connectivity index (χ1) is 14.1. The summed E-state index contributed by atoms with van der Waals surface area (Å²) in [4.78, 5) is 26.0. The predicted molar refractivity (Wildman–Crippen MR) is 114 cm³/mol. The SMILES string of the molecule is CCCC(=O)Nc1ccc2c(c1)N(CCCOc1ccc(CC)cc1)C(=O)CO2. The molecule has 0 saturated carbocycles. The van der Waals surface area contributed by atoms with Crippen molar-refractivity contribution in [2.24, 2.45) is 0 Å². The normalized spacial score (nSPS) is 12.9. The molecular formula is C23H28N2O4. The average molecular weight is 396 g/mol. The highest BCUT2D eigenvalue weighted by atomic mass is 16.5. The maximum absolute atomic E-state index is 12.4. The molecule has 0 unspecified atom stereocenters. The van der Waals surface area contributed by atoms with Crippen molar-refractivity contribution < 1.29 is 19.1 Å². The summed E-state index contributed by atoms with van der Waals surface area (Å²) in [5, 5.41) is 2.87. The van der Waals surface area contributed by atoms with Crippen molar-refractivity contribution in [2.45, 2.75) is 39.5 Å². The number of anilines is 2. The van der Waals surface area contributed by atoms with Gasteiger partial charge in [0.2, 0.25) is 5.91 Å². The summed E-state index contributed by atoms with van der Waals surface area (Å²) in [6, 6.07) is 13.4. The number of aryl methyl sites for hydroxylation is 1. The molecule has 0 saturated heterocycles. The summed E-state index contributed by atoms with van der Waals surface area (Å²) >= 11 is 0. The number of fused-ring (bicyclic) bond motifs is 1. The van der Waals surface area contributed by atoms with Gasteiger partial charge in [-0.15, -0.1) is 0 Å². The lowest BCUT2D eigenvalue weighted by Gasteiger charge is -2.30. The summed E-state index contributed by atoms with van der Waals surface area (Å²) in [5.74, 6) is 1.34. The van der Waals surface area contributed by atoms with Crippen LogP contribution < -0.4 is 19.7 Å². The molecule has 0 atom stereocenters. The molecule has 1 aliphatic heterocycles. The molecule has 2 aromatic rings. The average Bonchev–Trinajstić information content (AvgIpc) is 2.73. The Morgan fingerprint density at radius 2 is 1.97 bits per heavy atom. The van der Waals surface area contributed by atoms with Gasteiger partial charge in [0.05, 0.1) is 12.3 Å². The minimum atomic E-state index is -0.0955. The number of amides is 2. The van der Waals surface area contributed by atoms with Gasteiger partial charge in [-0.3, -0.25) is 9.59 Å². The molecule has 6 nitrogen and oxygen atoms in total. The molecule has 1 N–H and O–H groups in total. The Balaban J connectivity index is 1.60. The van der Waals surface area contributed by atoms with E-state index < -0.39 is 0 Å². The number of nitrogens with zero attached hydrogens (tertiary/aromatic N) is 1. The third-order valence-corrected chi connectivity index (χ3v) is 4.79. The molecule has 0 spiro atoms. The predicted octanol–water partition coefficient (Wildman–Crippen LogP) is 4.18. The topological polar surface area (TPSA) is 67.9 Å². The summed E-state index contributed by atoms with van der Waals surface area (Å²) in [6.45, 7) is 5.13. The second kappa shape index (κ2) is 9.96. The molecule has 154 valence electrons. The maximum Gasteiger partial charge on any atom is 0.265 e. The standard InChI is InChI=1S/C23H28N2O4/c1-3-6-22(26)24-18-9-12-21-20(15-18)25(23(27)16-29-21)13-5-14-28-19-10-7-17(4-2)8-11-19/h7-12,15H,3-6,13-14,16H2,1-2H3,(H,24,26). The van der Waals surface area contributed by atoms with E-state index in [-0.39, 0.29) is 18.4 Å². The zero-order chi connectivity index (χ0) is 20.6. The van der Waals surface area contributed by atoms with Crippen molar-refractivity contribution in [1.82, 2.24) is 0 Å². The Hall–Kier alpha value is -3.02. The first kappa shape index (κ1) is 20.7. The van der Waals surface area contributed by atoms with Gasteiger partial charge in [0.15, 0.2) is 6.61 Å². The quantitative estimate of drug-likeness (QED) is 0.646. The van der Waals surface area contributed by atoms with Crippen molar-refractivity contribution in [1.29, 1.82) is 0 Å². The Morgan fingerprint density at radius 1 is 1.17 bits per heavy atom. The van der Waals surface area contributed by atoms with Crippen molar-refractivity contribution in [3.63, 3.8) is 0 Å². The van der Waals surface area contributed by atoms with Crippen LogP contribution in [-0.2, 0) is 16.0 Å². The van der Waals surface area contributed by atoms with Crippen LogP contribution in [0.25, 0.3) is 0 Å². The zero-order valence-corrected chi connectivity index (χ0v) is 17.1. The second-order valence-corrected chi connectivity index (χ2v) is 7.01. The van der Waals surface area contributed by atoms with Gasteiger partial charge in [0, 0.05) is 18.7 Å². The van der Waals surface area contributed by atoms with Gasteiger partial charge >= 0.3 is 0 Å². The molecule has 6 heteroatoms. The molecule has 0 aromatic heterocycles. The number of carbonyl (C=O) groups excluding carboxylic acids is 2. The van der Waals surface area contributed by atoms with Crippen LogP contribution in [0.15, 0.2) is 42.5 Å². The molecule has 0 aliphatic carbocycles. The van der Waals surface area contributed by atoms with Crippen LogP contribution in [0.3, 0.4) is 0 Å². The van der Waals surface area contributed by atoms with Gasteiger partial charge in [0.25, 0.3) is 5.91 Å². The lowest BCUT2D eigenvalue weighted by atomic mass is 10.2. The molecule has 0 bridgehead atoms. The van der Waals surface area contributed by atoms with Gasteiger partial charge in [0.1, 0.15) is 11.5 Å². The van der Waals surface area contributed by atoms with Gasteiger partial charge in [-0.05, 0) is 55.2 Å². The molecule has 2 amide bonds. The van der Waals surface area contributed by atoms with Crippen LogP contribution >= 0.6 is 0 Å². The minimum absolute atomic E-state index is 0.0217. The third kappa shape index (κ3) is 5.50. The molecule has 2 aromatic carbocycles. The van der Waals surface area contributed by atoms with E-state index in [1.54, 1.807) is 23.1 Å². The molecule has 0 radical (unpaired) electrons. The number of ether oxygens (including phenoxy) is 2. The van der Waals surface area contributed by atoms with Crippen LogP contribution in [0.4, 0.5) is 11.4 Å². The van der Waals surface area contributed by atoms with E-state index in [1.165, 1.54) is 5.56 Å². The Kier molecular flexibility index (Phi) is 7.11. The van der Waals surface area contributed by atoms with Crippen molar-refractivity contribution in [3.8, 4) is 11.5 Å². The zero-order valence-electron chi connectivity index (χ0n) is 17.1. The maximum atomic E-state index is 12.4. The van der Waals surface area contributed by atoms with Crippen molar-refractivity contribution in [3.05, 3.63) is 48.0 Å². The highest BCUT2D eigenvalue weighted by molar-refractivity contribution is 5.99. The smallest absolute Gasteiger partial charge is 0.265 e. The summed E-state index contributed by atoms with van der Waals surface area (Å²) in [6.07, 6.45) is 2.94. The van der Waals surface area contributed by atoms with E-state index >= 15 is 0 Å². The molecular weight excluding hydrogens is 368 g/mol. The Morgan fingerprint density at radius 3 is 2.69 bits per heavy atom. The number of carbonyl (C=O) groups is 2. The van der Waals surface area contributed by atoms with Crippen molar-refractivity contribution >= 4 is 23.2 Å². The van der Waals surface area contributed by atoms with Crippen LogP contribution in [0.1, 0.15) is 38.7 Å². The van der Waals surface area contributed by atoms with Gasteiger partial charge in [-0.1, -0.05) is 26.0 Å². The third-order valence-electron chi connectivity index (χ3n) is 4.79. The van der Waals surface area contributed by atoms with Gasteiger partial charge in [-0.2, -0.15) is 0 Å². The lowest BCUT2D eigenvalue weighted by Crippen LogP contribution is -2.39. The second-order valence-electron chi connectivity index (χ2n) is 7.01.